The number of anilines is 1. The fraction of sp³-hybridized carbons (Fsp3) is 0.286. The molecule has 0 atom stereocenters. The summed E-state index contributed by atoms with van der Waals surface area (Å²) in [5.41, 5.74) is 6.46. The predicted octanol–water partition coefficient (Wildman–Crippen LogP) is 3.92. The van der Waals surface area contributed by atoms with Crippen LogP contribution in [0.5, 0.6) is 0 Å². The van der Waals surface area contributed by atoms with Crippen LogP contribution in [0.2, 0.25) is 0 Å². The second kappa shape index (κ2) is 4.89. The second-order valence-corrected chi connectivity index (χ2v) is 6.21. The largest absolute Gasteiger partial charge is 0.384 e. The van der Waals surface area contributed by atoms with Gasteiger partial charge in [-0.1, -0.05) is 26.8 Å². The van der Waals surface area contributed by atoms with Gasteiger partial charge in [-0.15, -0.1) is 0 Å². The van der Waals surface area contributed by atoms with Gasteiger partial charge in [0.1, 0.15) is 17.5 Å². The lowest BCUT2D eigenvalue weighted by molar-refractivity contribution is 0.546. The molecule has 0 aliphatic carbocycles. The summed E-state index contributed by atoms with van der Waals surface area (Å²) in [6, 6.07) is 6.67. The molecular formula is C14H15BrFN3. The molecule has 0 aliphatic rings. The van der Waals surface area contributed by atoms with E-state index in [2.05, 4.69) is 25.9 Å². The maximum absolute atomic E-state index is 14.1. The normalized spacial score (nSPS) is 11.6. The Hall–Kier alpha value is -1.49. The van der Waals surface area contributed by atoms with Crippen molar-refractivity contribution in [3.63, 3.8) is 0 Å². The van der Waals surface area contributed by atoms with Gasteiger partial charge in [0.2, 0.25) is 0 Å². The molecule has 100 valence electrons. The number of aromatic nitrogens is 2. The maximum atomic E-state index is 14.1. The first-order valence-corrected chi connectivity index (χ1v) is 6.68. The third-order valence-electron chi connectivity index (χ3n) is 2.64. The first-order valence-electron chi connectivity index (χ1n) is 5.88. The van der Waals surface area contributed by atoms with E-state index in [9.17, 15) is 4.39 Å². The van der Waals surface area contributed by atoms with Crippen molar-refractivity contribution in [3.8, 4) is 11.3 Å². The lowest BCUT2D eigenvalue weighted by atomic mass is 9.95. The van der Waals surface area contributed by atoms with E-state index >= 15 is 0 Å². The Morgan fingerprint density at radius 2 is 1.89 bits per heavy atom. The standard InChI is InChI=1S/C14H15BrFN3/c1-14(2,3)13-18-10(7-11(17)19-13)8-5-4-6-9(15)12(8)16/h4-7H,1-3H3,(H2,17,18,19). The van der Waals surface area contributed by atoms with Gasteiger partial charge < -0.3 is 5.73 Å². The van der Waals surface area contributed by atoms with Crippen LogP contribution in [0.3, 0.4) is 0 Å². The highest BCUT2D eigenvalue weighted by Gasteiger charge is 2.20. The zero-order valence-electron chi connectivity index (χ0n) is 11.0. The summed E-state index contributed by atoms with van der Waals surface area (Å²) >= 11 is 3.17. The van der Waals surface area contributed by atoms with Gasteiger partial charge in [-0.3, -0.25) is 0 Å². The van der Waals surface area contributed by atoms with E-state index in [1.807, 2.05) is 20.8 Å². The molecule has 0 fully saturated rings. The Bertz CT molecular complexity index is 621. The molecule has 2 rings (SSSR count). The summed E-state index contributed by atoms with van der Waals surface area (Å²) < 4.78 is 14.5. The molecule has 1 aromatic heterocycles. The first kappa shape index (κ1) is 13.9. The van der Waals surface area contributed by atoms with Gasteiger partial charge in [-0.2, -0.15) is 0 Å². The second-order valence-electron chi connectivity index (χ2n) is 5.35. The summed E-state index contributed by atoms with van der Waals surface area (Å²) in [6.45, 7) is 5.97. The van der Waals surface area contributed by atoms with Crippen LogP contribution in [0, 0.1) is 5.82 Å². The Kier molecular flexibility index (Phi) is 3.58. The number of nitrogens with zero attached hydrogens (tertiary/aromatic N) is 2. The molecular weight excluding hydrogens is 309 g/mol. The van der Waals surface area contributed by atoms with Gasteiger partial charge in [0, 0.05) is 17.0 Å². The number of halogens is 2. The smallest absolute Gasteiger partial charge is 0.146 e. The van der Waals surface area contributed by atoms with Crippen molar-refractivity contribution >= 4 is 21.7 Å². The molecule has 0 unspecified atom stereocenters. The van der Waals surface area contributed by atoms with Crippen LogP contribution < -0.4 is 5.73 Å². The Morgan fingerprint density at radius 1 is 1.21 bits per heavy atom. The Balaban J connectivity index is 2.63. The molecule has 19 heavy (non-hydrogen) atoms. The molecule has 5 heteroatoms. The van der Waals surface area contributed by atoms with Gasteiger partial charge in [0.05, 0.1) is 10.2 Å². The van der Waals surface area contributed by atoms with E-state index < -0.39 is 0 Å². The van der Waals surface area contributed by atoms with Crippen LogP contribution in [-0.4, -0.2) is 9.97 Å². The van der Waals surface area contributed by atoms with Gasteiger partial charge in [-0.25, -0.2) is 14.4 Å². The quantitative estimate of drug-likeness (QED) is 0.865. The number of rotatable bonds is 1. The summed E-state index contributed by atoms with van der Waals surface area (Å²) in [5, 5.41) is 0. The van der Waals surface area contributed by atoms with Crippen molar-refractivity contribution in [1.29, 1.82) is 0 Å². The highest BCUT2D eigenvalue weighted by Crippen LogP contribution is 2.29. The summed E-state index contributed by atoms with van der Waals surface area (Å²) in [7, 11) is 0. The summed E-state index contributed by atoms with van der Waals surface area (Å²) in [4.78, 5) is 8.64. The monoisotopic (exact) mass is 323 g/mol. The first-order chi connectivity index (χ1) is 8.79. The zero-order chi connectivity index (χ0) is 14.2. The van der Waals surface area contributed by atoms with E-state index in [1.165, 1.54) is 0 Å². The van der Waals surface area contributed by atoms with Gasteiger partial charge >= 0.3 is 0 Å². The van der Waals surface area contributed by atoms with Crippen molar-refractivity contribution < 1.29 is 4.39 Å². The van der Waals surface area contributed by atoms with Crippen molar-refractivity contribution in [2.75, 3.05) is 5.73 Å². The van der Waals surface area contributed by atoms with E-state index in [0.717, 1.165) is 0 Å². The van der Waals surface area contributed by atoms with Gasteiger partial charge in [0.25, 0.3) is 0 Å². The molecule has 1 heterocycles. The van der Waals surface area contributed by atoms with E-state index in [0.29, 0.717) is 27.4 Å². The maximum Gasteiger partial charge on any atom is 0.146 e. The Morgan fingerprint density at radius 3 is 2.53 bits per heavy atom. The van der Waals surface area contributed by atoms with Gasteiger partial charge in [0.15, 0.2) is 0 Å². The van der Waals surface area contributed by atoms with Crippen LogP contribution in [0.4, 0.5) is 10.2 Å². The average Bonchev–Trinajstić information content (AvgIpc) is 2.31. The number of hydrogen-bond donors (Lipinski definition) is 1. The van der Waals surface area contributed by atoms with Gasteiger partial charge in [-0.05, 0) is 28.1 Å². The molecule has 0 radical (unpaired) electrons. The molecule has 2 aromatic rings. The minimum atomic E-state index is -0.347. The van der Waals surface area contributed by atoms with E-state index in [1.54, 1.807) is 24.3 Å². The molecule has 0 bridgehead atoms. The number of hydrogen-bond acceptors (Lipinski definition) is 3. The third kappa shape index (κ3) is 2.92. The van der Waals surface area contributed by atoms with Crippen molar-refractivity contribution in [3.05, 3.63) is 40.4 Å². The number of nitrogens with two attached hydrogens (primary N) is 1. The fourth-order valence-electron chi connectivity index (χ4n) is 1.64. The highest BCUT2D eigenvalue weighted by molar-refractivity contribution is 9.10. The van der Waals surface area contributed by atoms with Crippen LogP contribution in [0.25, 0.3) is 11.3 Å². The third-order valence-corrected chi connectivity index (χ3v) is 3.26. The van der Waals surface area contributed by atoms with Crippen LogP contribution >= 0.6 is 15.9 Å². The minimum Gasteiger partial charge on any atom is -0.384 e. The van der Waals surface area contributed by atoms with Crippen LogP contribution in [-0.2, 0) is 5.41 Å². The average molecular weight is 324 g/mol. The van der Waals surface area contributed by atoms with Crippen molar-refractivity contribution in [1.82, 2.24) is 9.97 Å². The molecule has 0 spiro atoms. The molecule has 0 saturated heterocycles. The lowest BCUT2D eigenvalue weighted by Gasteiger charge is -2.18. The van der Waals surface area contributed by atoms with Crippen molar-refractivity contribution in [2.24, 2.45) is 0 Å². The van der Waals surface area contributed by atoms with E-state index in [-0.39, 0.29) is 11.2 Å². The lowest BCUT2D eigenvalue weighted by Crippen LogP contribution is -2.17. The molecule has 0 aliphatic heterocycles. The molecule has 2 N–H and O–H groups in total. The minimum absolute atomic E-state index is 0.243. The highest BCUT2D eigenvalue weighted by atomic mass is 79.9. The number of nitrogen functional groups attached to an aromatic ring is 1. The number of benzene rings is 1. The van der Waals surface area contributed by atoms with Crippen molar-refractivity contribution in [2.45, 2.75) is 26.2 Å². The predicted molar refractivity (Wildman–Crippen MR) is 78.2 cm³/mol. The molecule has 0 amide bonds. The Labute approximate surface area is 120 Å². The fourth-order valence-corrected chi connectivity index (χ4v) is 2.01. The zero-order valence-corrected chi connectivity index (χ0v) is 12.6. The van der Waals surface area contributed by atoms with Crippen LogP contribution in [0.1, 0.15) is 26.6 Å². The molecule has 3 nitrogen and oxygen atoms in total. The molecule has 1 aromatic carbocycles. The van der Waals surface area contributed by atoms with E-state index in [4.69, 9.17) is 5.73 Å². The summed E-state index contributed by atoms with van der Waals surface area (Å²) in [6.07, 6.45) is 0. The SMILES string of the molecule is CC(C)(C)c1nc(N)cc(-c2cccc(Br)c2F)n1. The topological polar surface area (TPSA) is 51.8 Å². The van der Waals surface area contributed by atoms with Crippen LogP contribution in [0.15, 0.2) is 28.7 Å². The summed E-state index contributed by atoms with van der Waals surface area (Å²) in [5.74, 6) is 0.594. The molecule has 0 saturated carbocycles.